The summed E-state index contributed by atoms with van der Waals surface area (Å²) >= 11 is 0. The summed E-state index contributed by atoms with van der Waals surface area (Å²) in [5, 5.41) is 13.1. The lowest BCUT2D eigenvalue weighted by molar-refractivity contribution is -0.385. The van der Waals surface area contributed by atoms with Crippen molar-refractivity contribution in [1.29, 1.82) is 0 Å². The smallest absolute Gasteiger partial charge is 0.272 e. The van der Waals surface area contributed by atoms with E-state index >= 15 is 0 Å². The number of nitrogens with zero attached hydrogens (tertiary/aromatic N) is 1. The van der Waals surface area contributed by atoms with Crippen LogP contribution in [0.15, 0.2) is 54.6 Å². The first kappa shape index (κ1) is 14.1. The number of rotatable bonds is 3. The van der Waals surface area contributed by atoms with Gasteiger partial charge in [0, 0.05) is 17.0 Å². The van der Waals surface area contributed by atoms with E-state index in [0.717, 1.165) is 22.1 Å². The molecule has 0 saturated heterocycles. The second-order valence-corrected chi connectivity index (χ2v) is 5.24. The lowest BCUT2D eigenvalue weighted by atomic mass is 10.1. The molecule has 0 fully saturated rings. The molecule has 110 valence electrons. The fourth-order valence-electron chi connectivity index (χ4n) is 2.48. The van der Waals surface area contributed by atoms with Crippen molar-refractivity contribution < 1.29 is 9.66 Å². The molecule has 3 aromatic carbocycles. The third-order valence-corrected chi connectivity index (χ3v) is 3.66. The number of fused-ring (bicyclic) bond motifs is 1. The zero-order valence-corrected chi connectivity index (χ0v) is 12.4. The van der Waals surface area contributed by atoms with Gasteiger partial charge in [-0.1, -0.05) is 36.4 Å². The molecule has 0 aromatic heterocycles. The van der Waals surface area contributed by atoms with E-state index in [1.165, 1.54) is 0 Å². The topological polar surface area (TPSA) is 52.4 Å². The van der Waals surface area contributed by atoms with Gasteiger partial charge in [-0.05, 0) is 36.9 Å². The Hall–Kier alpha value is -2.88. The van der Waals surface area contributed by atoms with Crippen LogP contribution in [0.1, 0.15) is 11.1 Å². The second-order valence-electron chi connectivity index (χ2n) is 5.24. The quantitative estimate of drug-likeness (QED) is 0.495. The number of nitro groups is 1. The van der Waals surface area contributed by atoms with Crippen molar-refractivity contribution in [1.82, 2.24) is 0 Å². The van der Waals surface area contributed by atoms with Crippen LogP contribution in [0.3, 0.4) is 0 Å². The third-order valence-electron chi connectivity index (χ3n) is 3.66. The lowest BCUT2D eigenvalue weighted by Gasteiger charge is -2.12. The zero-order valence-electron chi connectivity index (χ0n) is 12.4. The molecule has 0 N–H and O–H groups in total. The Morgan fingerprint density at radius 3 is 2.41 bits per heavy atom. The first-order valence-electron chi connectivity index (χ1n) is 6.97. The summed E-state index contributed by atoms with van der Waals surface area (Å²) in [6.45, 7) is 3.53. The minimum absolute atomic E-state index is 0.114. The maximum Gasteiger partial charge on any atom is 0.272 e. The van der Waals surface area contributed by atoms with Crippen molar-refractivity contribution in [2.75, 3.05) is 0 Å². The van der Waals surface area contributed by atoms with E-state index in [1.54, 1.807) is 19.1 Å². The molecule has 4 nitrogen and oxygen atoms in total. The third kappa shape index (κ3) is 2.51. The molecule has 4 heteroatoms. The predicted octanol–water partition coefficient (Wildman–Crippen LogP) is 5.16. The summed E-state index contributed by atoms with van der Waals surface area (Å²) in [4.78, 5) is 10.6. The SMILES string of the molecule is Cc1cc([N+](=O)[O-])c(C)cc1Oc1cccc2ccccc12. The van der Waals surface area contributed by atoms with Crippen LogP contribution in [-0.4, -0.2) is 4.92 Å². The number of hydrogen-bond acceptors (Lipinski definition) is 3. The highest BCUT2D eigenvalue weighted by molar-refractivity contribution is 5.88. The molecule has 0 aliphatic carbocycles. The minimum Gasteiger partial charge on any atom is -0.456 e. The molecule has 0 saturated carbocycles. The Labute approximate surface area is 128 Å². The van der Waals surface area contributed by atoms with Crippen LogP contribution in [0.25, 0.3) is 10.8 Å². The van der Waals surface area contributed by atoms with Gasteiger partial charge in [0.15, 0.2) is 0 Å². The first-order chi connectivity index (χ1) is 10.6. The summed E-state index contributed by atoms with van der Waals surface area (Å²) in [7, 11) is 0. The normalized spacial score (nSPS) is 10.6. The van der Waals surface area contributed by atoms with E-state index in [0.29, 0.717) is 11.3 Å². The van der Waals surface area contributed by atoms with Crippen LogP contribution in [0.2, 0.25) is 0 Å². The fraction of sp³-hybridized carbons (Fsp3) is 0.111. The van der Waals surface area contributed by atoms with Gasteiger partial charge >= 0.3 is 0 Å². The van der Waals surface area contributed by atoms with Gasteiger partial charge in [-0.25, -0.2) is 0 Å². The van der Waals surface area contributed by atoms with Gasteiger partial charge in [-0.3, -0.25) is 10.1 Å². The average Bonchev–Trinajstić information content (AvgIpc) is 2.50. The molecule has 22 heavy (non-hydrogen) atoms. The molecule has 0 aliphatic heterocycles. The molecule has 0 amide bonds. The van der Waals surface area contributed by atoms with Gasteiger partial charge in [0.2, 0.25) is 0 Å². The van der Waals surface area contributed by atoms with Crippen LogP contribution in [0.4, 0.5) is 5.69 Å². The lowest BCUT2D eigenvalue weighted by Crippen LogP contribution is -1.95. The van der Waals surface area contributed by atoms with Crippen LogP contribution in [0, 0.1) is 24.0 Å². The predicted molar refractivity (Wildman–Crippen MR) is 86.6 cm³/mol. The maximum atomic E-state index is 11.0. The highest BCUT2D eigenvalue weighted by Gasteiger charge is 2.15. The van der Waals surface area contributed by atoms with Crippen LogP contribution >= 0.6 is 0 Å². The summed E-state index contributed by atoms with van der Waals surface area (Å²) in [5.74, 6) is 1.38. The van der Waals surface area contributed by atoms with E-state index in [1.807, 2.05) is 49.4 Å². The summed E-state index contributed by atoms with van der Waals surface area (Å²) in [5.41, 5.74) is 1.44. The molecular formula is C18H15NO3. The number of benzene rings is 3. The number of ether oxygens (including phenoxy) is 1. The molecule has 0 heterocycles. The van der Waals surface area contributed by atoms with E-state index in [4.69, 9.17) is 4.74 Å². The van der Waals surface area contributed by atoms with Gasteiger partial charge in [0.25, 0.3) is 5.69 Å². The highest BCUT2D eigenvalue weighted by Crippen LogP contribution is 2.34. The van der Waals surface area contributed by atoms with Crippen molar-refractivity contribution in [3.05, 3.63) is 75.8 Å². The van der Waals surface area contributed by atoms with Gasteiger partial charge in [-0.15, -0.1) is 0 Å². The standard InChI is InChI=1S/C18H15NO3/c1-12-11-18(13(2)10-16(12)19(20)21)22-17-9-5-7-14-6-3-4-8-15(14)17/h3-11H,1-2H3. The maximum absolute atomic E-state index is 11.0. The first-order valence-corrected chi connectivity index (χ1v) is 6.97. The van der Waals surface area contributed by atoms with Crippen molar-refractivity contribution >= 4 is 16.5 Å². The zero-order chi connectivity index (χ0) is 15.7. The van der Waals surface area contributed by atoms with E-state index in [-0.39, 0.29) is 10.6 Å². The fourth-order valence-corrected chi connectivity index (χ4v) is 2.48. The molecule has 3 rings (SSSR count). The summed E-state index contributed by atoms with van der Waals surface area (Å²) < 4.78 is 6.02. The van der Waals surface area contributed by atoms with Gasteiger partial charge in [0.05, 0.1) is 4.92 Å². The van der Waals surface area contributed by atoms with Crippen molar-refractivity contribution in [3.63, 3.8) is 0 Å². The highest BCUT2D eigenvalue weighted by atomic mass is 16.6. The molecule has 0 radical (unpaired) electrons. The molecule has 3 aromatic rings. The van der Waals surface area contributed by atoms with Crippen LogP contribution in [-0.2, 0) is 0 Å². The van der Waals surface area contributed by atoms with Crippen LogP contribution < -0.4 is 4.74 Å². The van der Waals surface area contributed by atoms with Crippen molar-refractivity contribution in [2.45, 2.75) is 13.8 Å². The molecule has 0 atom stereocenters. The minimum atomic E-state index is -0.371. The van der Waals surface area contributed by atoms with E-state index < -0.39 is 0 Å². The van der Waals surface area contributed by atoms with E-state index in [2.05, 4.69) is 0 Å². The summed E-state index contributed by atoms with van der Waals surface area (Å²) in [6.07, 6.45) is 0. The van der Waals surface area contributed by atoms with Gasteiger partial charge in [-0.2, -0.15) is 0 Å². The Kier molecular flexibility index (Phi) is 3.51. The molecule has 0 bridgehead atoms. The number of aryl methyl sites for hydroxylation is 2. The number of nitro benzene ring substituents is 1. The van der Waals surface area contributed by atoms with E-state index in [9.17, 15) is 10.1 Å². The van der Waals surface area contributed by atoms with Gasteiger partial charge < -0.3 is 4.74 Å². The Balaban J connectivity index is 2.06. The average molecular weight is 293 g/mol. The Morgan fingerprint density at radius 1 is 0.909 bits per heavy atom. The molecule has 0 unspecified atom stereocenters. The second kappa shape index (κ2) is 5.48. The van der Waals surface area contributed by atoms with Crippen molar-refractivity contribution in [2.24, 2.45) is 0 Å². The Morgan fingerprint density at radius 2 is 1.64 bits per heavy atom. The Bertz CT molecular complexity index is 866. The van der Waals surface area contributed by atoms with Gasteiger partial charge in [0.1, 0.15) is 11.5 Å². The number of hydrogen-bond donors (Lipinski definition) is 0. The largest absolute Gasteiger partial charge is 0.456 e. The summed E-state index contributed by atoms with van der Waals surface area (Å²) in [6, 6.07) is 17.1. The van der Waals surface area contributed by atoms with Crippen molar-refractivity contribution in [3.8, 4) is 11.5 Å². The monoisotopic (exact) mass is 293 g/mol. The van der Waals surface area contributed by atoms with Crippen LogP contribution in [0.5, 0.6) is 11.5 Å². The molecule has 0 aliphatic rings. The molecular weight excluding hydrogens is 278 g/mol. The molecule has 0 spiro atoms.